The van der Waals surface area contributed by atoms with Gasteiger partial charge in [-0.25, -0.2) is 0 Å². The highest BCUT2D eigenvalue weighted by Crippen LogP contribution is 2.57. The molecular formula is C16H22N2O. The van der Waals surface area contributed by atoms with Gasteiger partial charge < -0.3 is 0 Å². The van der Waals surface area contributed by atoms with Crippen LogP contribution in [0.2, 0.25) is 0 Å². The van der Waals surface area contributed by atoms with Crippen molar-refractivity contribution >= 4 is 5.78 Å². The van der Waals surface area contributed by atoms with Crippen molar-refractivity contribution in [1.29, 1.82) is 0 Å². The van der Waals surface area contributed by atoms with E-state index >= 15 is 0 Å². The van der Waals surface area contributed by atoms with Crippen LogP contribution in [0.15, 0.2) is 12.4 Å². The van der Waals surface area contributed by atoms with E-state index in [-0.39, 0.29) is 0 Å². The van der Waals surface area contributed by atoms with Crippen LogP contribution < -0.4 is 0 Å². The lowest BCUT2D eigenvalue weighted by atomic mass is 9.51. The molecule has 0 aliphatic heterocycles. The molecule has 0 unspecified atom stereocenters. The van der Waals surface area contributed by atoms with Gasteiger partial charge in [-0.15, -0.1) is 0 Å². The summed E-state index contributed by atoms with van der Waals surface area (Å²) < 4.78 is 1.86. The molecule has 3 nitrogen and oxygen atoms in total. The van der Waals surface area contributed by atoms with Gasteiger partial charge in [0.2, 0.25) is 0 Å². The minimum absolute atomic E-state index is 0.308. The fraction of sp³-hybridized carbons (Fsp3) is 0.750. The van der Waals surface area contributed by atoms with Gasteiger partial charge in [-0.1, -0.05) is 0 Å². The van der Waals surface area contributed by atoms with Gasteiger partial charge in [0, 0.05) is 18.7 Å². The second-order valence-electron chi connectivity index (χ2n) is 6.91. The van der Waals surface area contributed by atoms with Crippen molar-refractivity contribution in [3.63, 3.8) is 0 Å². The van der Waals surface area contributed by atoms with Crippen molar-refractivity contribution in [3.05, 3.63) is 18.0 Å². The number of hydrogen-bond acceptors (Lipinski definition) is 2. The Kier molecular flexibility index (Phi) is 2.58. The van der Waals surface area contributed by atoms with Gasteiger partial charge in [-0.2, -0.15) is 5.10 Å². The number of aryl methyl sites for hydroxylation is 1. The first-order valence-corrected chi connectivity index (χ1v) is 7.81. The maximum Gasteiger partial charge on any atom is 0.169 e. The number of Topliss-reactive ketones (excluding diaryl/α,β-unsaturated/α-hetero) is 1. The van der Waals surface area contributed by atoms with Gasteiger partial charge in [0.05, 0.1) is 11.8 Å². The summed E-state index contributed by atoms with van der Waals surface area (Å²) in [7, 11) is 0. The second kappa shape index (κ2) is 4.19. The highest BCUT2D eigenvalue weighted by molar-refractivity contribution is 5.98. The minimum atomic E-state index is 0.308. The number of nitrogens with zero attached hydrogens (tertiary/aromatic N) is 2. The summed E-state index contributed by atoms with van der Waals surface area (Å²) >= 11 is 0. The van der Waals surface area contributed by atoms with E-state index in [0.29, 0.717) is 23.5 Å². The zero-order valence-electron chi connectivity index (χ0n) is 11.6. The number of aromatic nitrogens is 2. The van der Waals surface area contributed by atoms with Crippen LogP contribution in [0.4, 0.5) is 0 Å². The van der Waals surface area contributed by atoms with E-state index in [4.69, 9.17) is 0 Å². The van der Waals surface area contributed by atoms with E-state index in [2.05, 4.69) is 12.0 Å². The lowest BCUT2D eigenvalue weighted by molar-refractivity contribution is -0.0251. The summed E-state index contributed by atoms with van der Waals surface area (Å²) in [4.78, 5) is 12.8. The van der Waals surface area contributed by atoms with Crippen LogP contribution >= 0.6 is 0 Å². The highest BCUT2D eigenvalue weighted by atomic mass is 16.1. The molecule has 4 fully saturated rings. The topological polar surface area (TPSA) is 34.9 Å². The van der Waals surface area contributed by atoms with E-state index in [9.17, 15) is 4.79 Å². The first kappa shape index (κ1) is 11.7. The number of ketones is 1. The van der Waals surface area contributed by atoms with Gasteiger partial charge in [-0.05, 0) is 62.7 Å². The first-order valence-electron chi connectivity index (χ1n) is 7.81. The van der Waals surface area contributed by atoms with Crippen molar-refractivity contribution in [3.8, 4) is 0 Å². The Bertz CT molecular complexity index is 477. The first-order chi connectivity index (χ1) is 9.24. The third-order valence-corrected chi connectivity index (χ3v) is 5.77. The molecule has 4 saturated carbocycles. The van der Waals surface area contributed by atoms with Crippen molar-refractivity contribution in [2.45, 2.75) is 45.6 Å². The Hall–Kier alpha value is -1.12. The molecule has 1 aromatic heterocycles. The predicted octanol–water partition coefficient (Wildman–Crippen LogP) is 3.16. The van der Waals surface area contributed by atoms with E-state index < -0.39 is 0 Å². The average Bonchev–Trinajstić information content (AvgIpc) is 2.86. The molecule has 4 aliphatic rings. The molecule has 3 heteroatoms. The summed E-state index contributed by atoms with van der Waals surface area (Å²) in [5.41, 5.74) is 0.847. The van der Waals surface area contributed by atoms with Crippen molar-refractivity contribution in [2.75, 3.05) is 0 Å². The predicted molar refractivity (Wildman–Crippen MR) is 72.8 cm³/mol. The highest BCUT2D eigenvalue weighted by Gasteiger charge is 2.50. The Morgan fingerprint density at radius 2 is 1.84 bits per heavy atom. The monoisotopic (exact) mass is 258 g/mol. The average molecular weight is 258 g/mol. The summed E-state index contributed by atoms with van der Waals surface area (Å²) in [5.74, 6) is 3.91. The molecule has 4 aliphatic carbocycles. The van der Waals surface area contributed by atoms with Crippen molar-refractivity contribution < 1.29 is 4.79 Å². The van der Waals surface area contributed by atoms with Crippen LogP contribution in [0, 0.1) is 29.6 Å². The molecule has 0 N–H and O–H groups in total. The van der Waals surface area contributed by atoms with Gasteiger partial charge in [0.1, 0.15) is 0 Å². The third kappa shape index (κ3) is 1.78. The number of carbonyl (C=O) groups is 1. The molecule has 1 heterocycles. The summed E-state index contributed by atoms with van der Waals surface area (Å²) in [5, 5.41) is 4.26. The van der Waals surface area contributed by atoms with Crippen LogP contribution in [0.3, 0.4) is 0 Å². The van der Waals surface area contributed by atoms with Gasteiger partial charge in [-0.3, -0.25) is 9.48 Å². The largest absolute Gasteiger partial charge is 0.294 e. The SMILES string of the molecule is CCn1cc(C(=O)C2C3CC4CC(C3)CC2C4)cn1. The summed E-state index contributed by atoms with van der Waals surface area (Å²) in [6, 6.07) is 0. The molecule has 19 heavy (non-hydrogen) atoms. The lowest BCUT2D eigenvalue weighted by Gasteiger charge is -2.53. The van der Waals surface area contributed by atoms with Crippen LogP contribution in [-0.4, -0.2) is 15.6 Å². The van der Waals surface area contributed by atoms with Crippen LogP contribution in [0.25, 0.3) is 0 Å². The molecule has 5 rings (SSSR count). The Balaban J connectivity index is 1.60. The number of hydrogen-bond donors (Lipinski definition) is 0. The van der Waals surface area contributed by atoms with Crippen LogP contribution in [0.5, 0.6) is 0 Å². The maximum atomic E-state index is 12.8. The smallest absolute Gasteiger partial charge is 0.169 e. The molecule has 4 bridgehead atoms. The zero-order valence-corrected chi connectivity index (χ0v) is 11.6. The minimum Gasteiger partial charge on any atom is -0.294 e. The fourth-order valence-corrected chi connectivity index (χ4v) is 5.21. The van der Waals surface area contributed by atoms with Gasteiger partial charge >= 0.3 is 0 Å². The molecule has 0 aromatic carbocycles. The summed E-state index contributed by atoms with van der Waals surface area (Å²) in [6.07, 6.45) is 10.4. The molecule has 0 spiro atoms. The quantitative estimate of drug-likeness (QED) is 0.781. The molecule has 0 amide bonds. The molecule has 0 radical (unpaired) electrons. The van der Waals surface area contributed by atoms with E-state index in [1.165, 1.54) is 32.1 Å². The van der Waals surface area contributed by atoms with Crippen molar-refractivity contribution in [1.82, 2.24) is 9.78 Å². The lowest BCUT2D eigenvalue weighted by Crippen LogP contribution is -2.47. The zero-order chi connectivity index (χ0) is 13.0. The normalized spacial score (nSPS) is 39.7. The maximum absolute atomic E-state index is 12.8. The molecular weight excluding hydrogens is 236 g/mol. The molecule has 0 saturated heterocycles. The number of carbonyl (C=O) groups excluding carboxylic acids is 1. The van der Waals surface area contributed by atoms with E-state index in [1.807, 2.05) is 10.9 Å². The van der Waals surface area contributed by atoms with E-state index in [1.54, 1.807) is 6.20 Å². The third-order valence-electron chi connectivity index (χ3n) is 5.77. The Morgan fingerprint density at radius 1 is 1.21 bits per heavy atom. The standard InChI is InChI=1S/C16H22N2O/c1-2-18-9-14(8-17-18)16(19)15-12-4-10-3-11(6-12)7-13(15)5-10/h8-13,15H,2-7H2,1H3. The van der Waals surface area contributed by atoms with E-state index in [0.717, 1.165) is 23.9 Å². The second-order valence-corrected chi connectivity index (χ2v) is 6.91. The number of rotatable bonds is 3. The molecule has 0 atom stereocenters. The van der Waals surface area contributed by atoms with Crippen LogP contribution in [0.1, 0.15) is 49.4 Å². The molecule has 102 valence electrons. The van der Waals surface area contributed by atoms with Gasteiger partial charge in [0.25, 0.3) is 0 Å². The van der Waals surface area contributed by atoms with Crippen molar-refractivity contribution in [2.24, 2.45) is 29.6 Å². The van der Waals surface area contributed by atoms with Crippen LogP contribution in [-0.2, 0) is 6.54 Å². The Morgan fingerprint density at radius 3 is 2.37 bits per heavy atom. The fourth-order valence-electron chi connectivity index (χ4n) is 5.21. The summed E-state index contributed by atoms with van der Waals surface area (Å²) in [6.45, 7) is 2.90. The Labute approximate surface area is 114 Å². The molecule has 1 aromatic rings. The van der Waals surface area contributed by atoms with Gasteiger partial charge in [0.15, 0.2) is 5.78 Å².